The van der Waals surface area contributed by atoms with Crippen LogP contribution in [0.5, 0.6) is 0 Å². The van der Waals surface area contributed by atoms with Gasteiger partial charge in [0.2, 0.25) is 6.54 Å². The van der Waals surface area contributed by atoms with E-state index >= 15 is 0 Å². The molecule has 2 aromatic carbocycles. The lowest BCUT2D eigenvalue weighted by atomic mass is 9.96. The maximum atomic E-state index is 11.5. The number of ether oxygens (including phenoxy) is 1. The van der Waals surface area contributed by atoms with E-state index in [2.05, 4.69) is 10.1 Å². The molecule has 0 fully saturated rings. The fraction of sp³-hybridized carbons (Fsp3) is 0.167. The Bertz CT molecular complexity index is 673. The van der Waals surface area contributed by atoms with E-state index in [-0.39, 0.29) is 0 Å². The predicted molar refractivity (Wildman–Crippen MR) is 91.2 cm³/mol. The Kier molecular flexibility index (Phi) is 6.08. The molecule has 6 nitrogen and oxygen atoms in total. The van der Waals surface area contributed by atoms with Gasteiger partial charge in [0.25, 0.3) is 0 Å². The Morgan fingerprint density at radius 1 is 1.12 bits per heavy atom. The first-order chi connectivity index (χ1) is 11.6. The quantitative estimate of drug-likeness (QED) is 0.653. The highest BCUT2D eigenvalue weighted by Gasteiger charge is 2.18. The van der Waals surface area contributed by atoms with E-state index in [9.17, 15) is 14.9 Å². The lowest BCUT2D eigenvalue weighted by molar-refractivity contribution is -0.481. The fourth-order valence-electron chi connectivity index (χ4n) is 2.31. The standard InChI is InChI=1S/C18H18N2O4/c1-24-18(21)19-16(13-20(22)23)12-17(14-8-4-2-5-9-14)15-10-6-3-7-11-15/h2-12,16H,13H2,1H3,(H,19,21)/t16-/m1/s1. The summed E-state index contributed by atoms with van der Waals surface area (Å²) in [6.45, 7) is -0.432. The molecule has 0 saturated heterocycles. The zero-order chi connectivity index (χ0) is 17.4. The molecule has 0 bridgehead atoms. The van der Waals surface area contributed by atoms with Gasteiger partial charge in [-0.3, -0.25) is 10.1 Å². The van der Waals surface area contributed by atoms with E-state index in [4.69, 9.17) is 0 Å². The van der Waals surface area contributed by atoms with Gasteiger partial charge in [0.05, 0.1) is 7.11 Å². The van der Waals surface area contributed by atoms with Crippen molar-refractivity contribution in [3.63, 3.8) is 0 Å². The average molecular weight is 326 g/mol. The first-order valence-corrected chi connectivity index (χ1v) is 7.39. The number of hydrogen-bond donors (Lipinski definition) is 1. The van der Waals surface area contributed by atoms with Gasteiger partial charge in [-0.1, -0.05) is 60.7 Å². The highest BCUT2D eigenvalue weighted by Crippen LogP contribution is 2.23. The fourth-order valence-corrected chi connectivity index (χ4v) is 2.31. The van der Waals surface area contributed by atoms with Crippen LogP contribution in [0.1, 0.15) is 11.1 Å². The van der Waals surface area contributed by atoms with Crippen LogP contribution < -0.4 is 5.32 Å². The second kappa shape index (κ2) is 8.47. The van der Waals surface area contributed by atoms with Crippen molar-refractivity contribution >= 4 is 11.7 Å². The molecule has 1 N–H and O–H groups in total. The number of rotatable bonds is 6. The molecule has 6 heteroatoms. The molecule has 1 atom stereocenters. The number of benzene rings is 2. The molecule has 2 rings (SSSR count). The lowest BCUT2D eigenvalue weighted by Gasteiger charge is -2.14. The Balaban J connectivity index is 2.44. The number of alkyl carbamates (subject to hydrolysis) is 1. The molecular formula is C18H18N2O4. The monoisotopic (exact) mass is 326 g/mol. The van der Waals surface area contributed by atoms with E-state index < -0.39 is 23.6 Å². The summed E-state index contributed by atoms with van der Waals surface area (Å²) in [5, 5.41) is 13.4. The minimum atomic E-state index is -0.789. The summed E-state index contributed by atoms with van der Waals surface area (Å²) in [6.07, 6.45) is 0.975. The maximum Gasteiger partial charge on any atom is 0.407 e. The van der Waals surface area contributed by atoms with Crippen molar-refractivity contribution in [3.8, 4) is 0 Å². The summed E-state index contributed by atoms with van der Waals surface area (Å²) in [6, 6.07) is 18.2. The van der Waals surface area contributed by atoms with Crippen molar-refractivity contribution in [2.24, 2.45) is 0 Å². The average Bonchev–Trinajstić information content (AvgIpc) is 2.60. The molecule has 0 saturated carbocycles. The smallest absolute Gasteiger partial charge is 0.407 e. The zero-order valence-corrected chi connectivity index (χ0v) is 13.2. The van der Waals surface area contributed by atoms with Crippen LogP contribution in [0.25, 0.3) is 5.57 Å². The molecule has 24 heavy (non-hydrogen) atoms. The van der Waals surface area contributed by atoms with E-state index in [0.717, 1.165) is 16.7 Å². The van der Waals surface area contributed by atoms with Gasteiger partial charge in [0.1, 0.15) is 6.04 Å². The van der Waals surface area contributed by atoms with E-state index in [1.54, 1.807) is 6.08 Å². The molecule has 0 aliphatic carbocycles. The summed E-state index contributed by atoms with van der Waals surface area (Å²) < 4.78 is 4.55. The van der Waals surface area contributed by atoms with Crippen LogP contribution in [0, 0.1) is 10.1 Å². The van der Waals surface area contributed by atoms with Crippen LogP contribution in [-0.4, -0.2) is 30.7 Å². The third-order valence-corrected chi connectivity index (χ3v) is 3.37. The number of hydrogen-bond acceptors (Lipinski definition) is 4. The third-order valence-electron chi connectivity index (χ3n) is 3.37. The molecular weight excluding hydrogens is 308 g/mol. The number of nitrogens with one attached hydrogen (secondary N) is 1. The minimum absolute atomic E-state index is 0.432. The van der Waals surface area contributed by atoms with Gasteiger partial charge >= 0.3 is 6.09 Å². The SMILES string of the molecule is COC(=O)N[C@H](C=C(c1ccccc1)c1ccccc1)C[N+](=O)[O-]. The first-order valence-electron chi connectivity index (χ1n) is 7.39. The number of nitro groups is 1. The van der Waals surface area contributed by atoms with Gasteiger partial charge in [0, 0.05) is 4.92 Å². The molecule has 0 heterocycles. The summed E-state index contributed by atoms with van der Waals surface area (Å²) >= 11 is 0. The second-order valence-electron chi connectivity index (χ2n) is 5.07. The Morgan fingerprint density at radius 3 is 2.04 bits per heavy atom. The van der Waals surface area contributed by atoms with Crippen LogP contribution in [0.4, 0.5) is 4.79 Å². The summed E-state index contributed by atoms with van der Waals surface area (Å²) in [4.78, 5) is 21.9. The number of methoxy groups -OCH3 is 1. The molecule has 0 aromatic heterocycles. The van der Waals surface area contributed by atoms with Crippen molar-refractivity contribution in [1.29, 1.82) is 0 Å². The highest BCUT2D eigenvalue weighted by atomic mass is 16.6. The predicted octanol–water partition coefficient (Wildman–Crippen LogP) is 3.12. The normalized spacial score (nSPS) is 11.2. The van der Waals surface area contributed by atoms with E-state index in [1.165, 1.54) is 7.11 Å². The van der Waals surface area contributed by atoms with Crippen molar-refractivity contribution < 1.29 is 14.5 Å². The Labute approximate surface area is 139 Å². The molecule has 0 aliphatic rings. The van der Waals surface area contributed by atoms with Gasteiger partial charge in [-0.25, -0.2) is 4.79 Å². The molecule has 0 radical (unpaired) electrons. The highest BCUT2D eigenvalue weighted by molar-refractivity contribution is 5.80. The van der Waals surface area contributed by atoms with Crippen molar-refractivity contribution in [2.75, 3.05) is 13.7 Å². The van der Waals surface area contributed by atoms with E-state index in [1.807, 2.05) is 60.7 Å². The number of amides is 1. The zero-order valence-electron chi connectivity index (χ0n) is 13.2. The molecule has 1 amide bonds. The largest absolute Gasteiger partial charge is 0.453 e. The molecule has 0 spiro atoms. The second-order valence-corrected chi connectivity index (χ2v) is 5.07. The lowest BCUT2D eigenvalue weighted by Crippen LogP contribution is -2.38. The van der Waals surface area contributed by atoms with Crippen molar-refractivity contribution in [1.82, 2.24) is 5.32 Å². The van der Waals surface area contributed by atoms with Crippen LogP contribution in [0.2, 0.25) is 0 Å². The number of carbonyl (C=O) groups is 1. The Hall–Kier alpha value is -3.15. The van der Waals surface area contributed by atoms with Crippen LogP contribution in [-0.2, 0) is 4.74 Å². The number of nitrogens with zero attached hydrogens (tertiary/aromatic N) is 1. The minimum Gasteiger partial charge on any atom is -0.453 e. The van der Waals surface area contributed by atoms with Gasteiger partial charge in [-0.2, -0.15) is 0 Å². The summed E-state index contributed by atoms with van der Waals surface area (Å²) in [5.41, 5.74) is 2.62. The third kappa shape index (κ3) is 4.95. The van der Waals surface area contributed by atoms with E-state index in [0.29, 0.717) is 0 Å². The van der Waals surface area contributed by atoms with Gasteiger partial charge < -0.3 is 10.1 Å². The molecule has 2 aromatic rings. The van der Waals surface area contributed by atoms with Gasteiger partial charge in [0.15, 0.2) is 0 Å². The van der Waals surface area contributed by atoms with Crippen LogP contribution in [0.3, 0.4) is 0 Å². The molecule has 0 unspecified atom stereocenters. The molecule has 124 valence electrons. The van der Waals surface area contributed by atoms with Gasteiger partial charge in [-0.05, 0) is 22.8 Å². The number of carbonyl (C=O) groups excluding carboxylic acids is 1. The Morgan fingerprint density at radius 2 is 1.62 bits per heavy atom. The topological polar surface area (TPSA) is 81.5 Å². The summed E-state index contributed by atoms with van der Waals surface area (Å²) in [7, 11) is 1.22. The molecule has 0 aliphatic heterocycles. The van der Waals surface area contributed by atoms with Crippen LogP contribution in [0.15, 0.2) is 66.7 Å². The van der Waals surface area contributed by atoms with Gasteiger partial charge in [-0.15, -0.1) is 0 Å². The maximum absolute atomic E-state index is 11.5. The first kappa shape index (κ1) is 17.2. The van der Waals surface area contributed by atoms with Crippen molar-refractivity contribution in [3.05, 3.63) is 88.0 Å². The van der Waals surface area contributed by atoms with Crippen LogP contribution >= 0.6 is 0 Å². The summed E-state index contributed by atoms with van der Waals surface area (Å²) in [5.74, 6) is 0. The van der Waals surface area contributed by atoms with Crippen molar-refractivity contribution in [2.45, 2.75) is 6.04 Å².